The predicted octanol–water partition coefficient (Wildman–Crippen LogP) is 1.44. The fourth-order valence-electron chi connectivity index (χ4n) is 2.86. The molecule has 1 atom stereocenters. The average molecular weight is 278 g/mol. The number of rotatable bonds is 5. The summed E-state index contributed by atoms with van der Waals surface area (Å²) < 4.78 is 2.11. The number of amides is 1. The van der Waals surface area contributed by atoms with E-state index in [-0.39, 0.29) is 11.9 Å². The third-order valence-corrected chi connectivity index (χ3v) is 4.09. The van der Waals surface area contributed by atoms with Crippen molar-refractivity contribution in [2.24, 2.45) is 0 Å². The van der Waals surface area contributed by atoms with Crippen LogP contribution in [0.25, 0.3) is 0 Å². The predicted molar refractivity (Wildman–Crippen MR) is 79.5 cm³/mol. The molecule has 1 aliphatic rings. The molecular formula is C15H26N4O. The fourth-order valence-corrected chi connectivity index (χ4v) is 2.86. The molecule has 20 heavy (non-hydrogen) atoms. The lowest BCUT2D eigenvalue weighted by atomic mass is 10.1. The highest BCUT2D eigenvalue weighted by Gasteiger charge is 2.24. The molecule has 1 N–H and O–H groups in total. The number of carbonyl (C=O) groups excluding carboxylic acids is 1. The maximum atomic E-state index is 12.3. The van der Waals surface area contributed by atoms with E-state index in [4.69, 9.17) is 0 Å². The summed E-state index contributed by atoms with van der Waals surface area (Å²) in [5.41, 5.74) is 0. The van der Waals surface area contributed by atoms with Gasteiger partial charge in [0.05, 0.1) is 6.04 Å². The van der Waals surface area contributed by atoms with Crippen molar-refractivity contribution in [2.75, 3.05) is 20.1 Å². The summed E-state index contributed by atoms with van der Waals surface area (Å²) in [5, 5.41) is 3.07. The van der Waals surface area contributed by atoms with Crippen molar-refractivity contribution in [2.45, 2.75) is 51.6 Å². The lowest BCUT2D eigenvalue weighted by Gasteiger charge is -2.24. The minimum absolute atomic E-state index is 0.0472. The summed E-state index contributed by atoms with van der Waals surface area (Å²) in [5.74, 6) is 1.25. The molecule has 5 heteroatoms. The third kappa shape index (κ3) is 3.82. The number of hydrogen-bond acceptors (Lipinski definition) is 3. The standard InChI is InChI=1S/C15H26N4O/c1-3-14-16-8-11-19(14)12-9-17-15(20)13-7-5-4-6-10-18(13)2/h8,11,13H,3-7,9-10,12H2,1-2H3,(H,17,20). The summed E-state index contributed by atoms with van der Waals surface area (Å²) in [6.45, 7) is 4.59. The molecule has 5 nitrogen and oxygen atoms in total. The van der Waals surface area contributed by atoms with E-state index >= 15 is 0 Å². The van der Waals surface area contributed by atoms with Crippen molar-refractivity contribution < 1.29 is 4.79 Å². The van der Waals surface area contributed by atoms with E-state index in [1.807, 2.05) is 12.4 Å². The summed E-state index contributed by atoms with van der Waals surface area (Å²) in [6, 6.07) is 0.0472. The highest BCUT2D eigenvalue weighted by Crippen LogP contribution is 2.15. The molecule has 1 unspecified atom stereocenters. The maximum absolute atomic E-state index is 12.3. The van der Waals surface area contributed by atoms with Gasteiger partial charge < -0.3 is 9.88 Å². The molecule has 1 saturated heterocycles. The van der Waals surface area contributed by atoms with Crippen LogP contribution in [0.5, 0.6) is 0 Å². The molecule has 1 amide bonds. The van der Waals surface area contributed by atoms with Gasteiger partial charge >= 0.3 is 0 Å². The molecule has 0 radical (unpaired) electrons. The molecule has 0 aliphatic carbocycles. The number of imidazole rings is 1. The molecule has 112 valence electrons. The van der Waals surface area contributed by atoms with Crippen LogP contribution in [0, 0.1) is 0 Å². The Morgan fingerprint density at radius 1 is 1.45 bits per heavy atom. The van der Waals surface area contributed by atoms with Gasteiger partial charge in [0.1, 0.15) is 5.82 Å². The number of aryl methyl sites for hydroxylation is 1. The number of likely N-dealkylation sites (N-methyl/N-ethyl adjacent to an activating group) is 1. The Morgan fingerprint density at radius 3 is 3.10 bits per heavy atom. The highest BCUT2D eigenvalue weighted by molar-refractivity contribution is 5.81. The van der Waals surface area contributed by atoms with E-state index < -0.39 is 0 Å². The van der Waals surface area contributed by atoms with Crippen molar-refractivity contribution in [3.63, 3.8) is 0 Å². The van der Waals surface area contributed by atoms with Gasteiger partial charge in [-0.15, -0.1) is 0 Å². The monoisotopic (exact) mass is 278 g/mol. The molecule has 0 aromatic carbocycles. The number of nitrogens with one attached hydrogen (secondary N) is 1. The Labute approximate surface area is 121 Å². The second kappa shape index (κ2) is 7.43. The smallest absolute Gasteiger partial charge is 0.237 e. The Kier molecular flexibility index (Phi) is 5.59. The van der Waals surface area contributed by atoms with Crippen molar-refractivity contribution in [3.05, 3.63) is 18.2 Å². The molecule has 2 rings (SSSR count). The minimum atomic E-state index is 0.0472. The molecule has 1 aliphatic heterocycles. The fraction of sp³-hybridized carbons (Fsp3) is 0.733. The van der Waals surface area contributed by atoms with Crippen LogP contribution in [-0.4, -0.2) is 46.5 Å². The van der Waals surface area contributed by atoms with E-state index in [1.54, 1.807) is 0 Å². The maximum Gasteiger partial charge on any atom is 0.237 e. The van der Waals surface area contributed by atoms with Crippen LogP contribution < -0.4 is 5.32 Å². The summed E-state index contributed by atoms with van der Waals surface area (Å²) in [6.07, 6.45) is 9.30. The first-order chi connectivity index (χ1) is 9.72. The van der Waals surface area contributed by atoms with E-state index in [0.29, 0.717) is 6.54 Å². The van der Waals surface area contributed by atoms with Crippen LogP contribution >= 0.6 is 0 Å². The Balaban J connectivity index is 1.79. The summed E-state index contributed by atoms with van der Waals surface area (Å²) >= 11 is 0. The molecule has 0 saturated carbocycles. The van der Waals surface area contributed by atoms with Crippen molar-refractivity contribution in [3.8, 4) is 0 Å². The van der Waals surface area contributed by atoms with Gasteiger partial charge in [0, 0.05) is 31.9 Å². The minimum Gasteiger partial charge on any atom is -0.353 e. The average Bonchev–Trinajstić information content (AvgIpc) is 2.78. The van der Waals surface area contributed by atoms with Gasteiger partial charge in [0.2, 0.25) is 5.91 Å². The van der Waals surface area contributed by atoms with Crippen LogP contribution in [0.2, 0.25) is 0 Å². The molecule has 1 aromatic heterocycles. The largest absolute Gasteiger partial charge is 0.353 e. The number of likely N-dealkylation sites (tertiary alicyclic amines) is 1. The van der Waals surface area contributed by atoms with Gasteiger partial charge in [0.25, 0.3) is 0 Å². The first kappa shape index (κ1) is 15.0. The molecule has 0 bridgehead atoms. The van der Waals surface area contributed by atoms with E-state index in [1.165, 1.54) is 12.8 Å². The van der Waals surface area contributed by atoms with Crippen LogP contribution in [0.3, 0.4) is 0 Å². The van der Waals surface area contributed by atoms with E-state index in [9.17, 15) is 4.79 Å². The molecule has 2 heterocycles. The first-order valence-corrected chi connectivity index (χ1v) is 7.70. The van der Waals surface area contributed by atoms with Gasteiger partial charge in [0.15, 0.2) is 0 Å². The third-order valence-electron chi connectivity index (χ3n) is 4.09. The normalized spacial score (nSPS) is 20.6. The SMILES string of the molecule is CCc1nccn1CCNC(=O)C1CCCCCN1C. The van der Waals surface area contributed by atoms with E-state index in [2.05, 4.69) is 33.7 Å². The molecular weight excluding hydrogens is 252 g/mol. The van der Waals surface area contributed by atoms with Gasteiger partial charge in [-0.2, -0.15) is 0 Å². The Hall–Kier alpha value is -1.36. The highest BCUT2D eigenvalue weighted by atomic mass is 16.2. The van der Waals surface area contributed by atoms with Crippen LogP contribution in [0.1, 0.15) is 38.4 Å². The molecule has 1 fully saturated rings. The zero-order valence-electron chi connectivity index (χ0n) is 12.6. The number of carbonyl (C=O) groups is 1. The first-order valence-electron chi connectivity index (χ1n) is 7.70. The van der Waals surface area contributed by atoms with Crippen molar-refractivity contribution >= 4 is 5.91 Å². The van der Waals surface area contributed by atoms with Crippen LogP contribution in [-0.2, 0) is 17.8 Å². The van der Waals surface area contributed by atoms with Gasteiger partial charge in [-0.1, -0.05) is 19.8 Å². The van der Waals surface area contributed by atoms with Crippen LogP contribution in [0.15, 0.2) is 12.4 Å². The van der Waals surface area contributed by atoms with Crippen molar-refractivity contribution in [1.29, 1.82) is 0 Å². The zero-order chi connectivity index (χ0) is 14.4. The zero-order valence-corrected chi connectivity index (χ0v) is 12.6. The second-order valence-electron chi connectivity index (χ2n) is 5.53. The summed E-state index contributed by atoms with van der Waals surface area (Å²) in [4.78, 5) is 18.7. The lowest BCUT2D eigenvalue weighted by Crippen LogP contribution is -2.45. The second-order valence-corrected chi connectivity index (χ2v) is 5.53. The molecule has 0 spiro atoms. The van der Waals surface area contributed by atoms with Gasteiger partial charge in [-0.3, -0.25) is 9.69 Å². The van der Waals surface area contributed by atoms with Gasteiger partial charge in [-0.05, 0) is 26.4 Å². The Morgan fingerprint density at radius 2 is 2.30 bits per heavy atom. The Bertz CT molecular complexity index is 429. The van der Waals surface area contributed by atoms with Crippen molar-refractivity contribution in [1.82, 2.24) is 19.8 Å². The summed E-state index contributed by atoms with van der Waals surface area (Å²) in [7, 11) is 2.06. The van der Waals surface area contributed by atoms with Gasteiger partial charge in [-0.25, -0.2) is 4.98 Å². The lowest BCUT2D eigenvalue weighted by molar-refractivity contribution is -0.126. The molecule has 1 aromatic rings. The number of hydrogen-bond donors (Lipinski definition) is 1. The quantitative estimate of drug-likeness (QED) is 0.886. The number of nitrogens with zero attached hydrogens (tertiary/aromatic N) is 3. The van der Waals surface area contributed by atoms with Crippen LogP contribution in [0.4, 0.5) is 0 Å². The van der Waals surface area contributed by atoms with E-state index in [0.717, 1.165) is 38.2 Å². The number of aromatic nitrogens is 2. The topological polar surface area (TPSA) is 50.2 Å².